The highest BCUT2D eigenvalue weighted by Gasteiger charge is 2.44. The molecule has 0 aliphatic carbocycles. The summed E-state index contributed by atoms with van der Waals surface area (Å²) in [4.78, 5) is 19.7. The van der Waals surface area contributed by atoms with Crippen LogP contribution >= 0.6 is 0 Å². The first-order chi connectivity index (χ1) is 21.4. The molecule has 2 atom stereocenters. The molecule has 0 spiro atoms. The maximum absolute atomic E-state index is 14.9. The summed E-state index contributed by atoms with van der Waals surface area (Å²) in [5, 5.41) is 13.3. The average Bonchev–Trinajstić information content (AvgIpc) is 3.72. The molecule has 2 aliphatic rings. The van der Waals surface area contributed by atoms with Crippen LogP contribution in [0.3, 0.4) is 0 Å². The van der Waals surface area contributed by atoms with E-state index in [0.29, 0.717) is 25.2 Å². The summed E-state index contributed by atoms with van der Waals surface area (Å²) in [5.41, 5.74) is 1.69. The van der Waals surface area contributed by atoms with Crippen molar-refractivity contribution in [1.29, 1.82) is 0 Å². The minimum Gasteiger partial charge on any atom is -0.493 e. The van der Waals surface area contributed by atoms with Crippen LogP contribution in [-0.2, 0) is 16.9 Å². The molecule has 1 unspecified atom stereocenters. The summed E-state index contributed by atoms with van der Waals surface area (Å²) < 4.78 is 42.4. The fourth-order valence-electron chi connectivity index (χ4n) is 5.79. The third-order valence-electron chi connectivity index (χ3n) is 7.97. The van der Waals surface area contributed by atoms with Gasteiger partial charge in [-0.2, -0.15) is 5.10 Å². The number of aromatic nitrogens is 3. The van der Waals surface area contributed by atoms with Gasteiger partial charge in [-0.3, -0.25) is 0 Å². The molecule has 1 aromatic heterocycles. The number of benzene rings is 3. The molecule has 0 amide bonds. The molecule has 9 nitrogen and oxygen atoms in total. The van der Waals surface area contributed by atoms with Gasteiger partial charge in [0.25, 0.3) is 0 Å². The number of carboxylic acid groups (broad SMARTS) is 1. The first-order valence-electron chi connectivity index (χ1n) is 14.9. The van der Waals surface area contributed by atoms with Crippen LogP contribution in [0.25, 0.3) is 0 Å². The average molecular weight is 606 g/mol. The van der Waals surface area contributed by atoms with Crippen LogP contribution in [0.4, 0.5) is 20.2 Å². The lowest BCUT2D eigenvalue weighted by Gasteiger charge is -2.37. The SMILES string of the molecule is CC.O=C(O)c1ccc(N2CCN(c3ccc(OCC4CO[C@@](Cn5cncn5)(c5ccc(F)cc5F)C4)cc3)CC2)cc1. The lowest BCUT2D eigenvalue weighted by atomic mass is 9.87. The van der Waals surface area contributed by atoms with Gasteiger partial charge in [0.05, 0.1) is 25.3 Å². The summed E-state index contributed by atoms with van der Waals surface area (Å²) in [6.07, 6.45) is 3.45. The van der Waals surface area contributed by atoms with E-state index in [1.54, 1.807) is 23.1 Å². The number of hydrogen-bond donors (Lipinski definition) is 1. The van der Waals surface area contributed by atoms with Crippen LogP contribution in [0.2, 0.25) is 0 Å². The van der Waals surface area contributed by atoms with Gasteiger partial charge in [-0.1, -0.05) is 19.9 Å². The summed E-state index contributed by atoms with van der Waals surface area (Å²) >= 11 is 0. The van der Waals surface area contributed by atoms with Crippen molar-refractivity contribution in [3.05, 3.63) is 102 Å². The van der Waals surface area contributed by atoms with E-state index in [1.807, 2.05) is 50.2 Å². The molecule has 232 valence electrons. The summed E-state index contributed by atoms with van der Waals surface area (Å²) in [6.45, 7) is 8.35. The topological polar surface area (TPSA) is 93.0 Å². The van der Waals surface area contributed by atoms with Crippen molar-refractivity contribution in [3.63, 3.8) is 0 Å². The van der Waals surface area contributed by atoms with E-state index in [0.717, 1.165) is 49.4 Å². The smallest absolute Gasteiger partial charge is 0.335 e. The first kappa shape index (κ1) is 30.9. The van der Waals surface area contributed by atoms with Gasteiger partial charge in [0, 0.05) is 55.1 Å². The lowest BCUT2D eigenvalue weighted by molar-refractivity contribution is -0.0206. The Kier molecular flexibility index (Phi) is 9.74. The highest BCUT2D eigenvalue weighted by atomic mass is 19.1. The minimum absolute atomic E-state index is 0.00436. The number of nitrogens with zero attached hydrogens (tertiary/aromatic N) is 5. The van der Waals surface area contributed by atoms with E-state index in [4.69, 9.17) is 14.6 Å². The lowest BCUT2D eigenvalue weighted by Crippen LogP contribution is -2.46. The van der Waals surface area contributed by atoms with E-state index in [-0.39, 0.29) is 18.0 Å². The van der Waals surface area contributed by atoms with Crippen molar-refractivity contribution in [2.24, 2.45) is 5.92 Å². The summed E-state index contributed by atoms with van der Waals surface area (Å²) in [7, 11) is 0. The number of rotatable bonds is 9. The maximum Gasteiger partial charge on any atom is 0.335 e. The predicted octanol–water partition coefficient (Wildman–Crippen LogP) is 5.62. The summed E-state index contributed by atoms with van der Waals surface area (Å²) in [5.74, 6) is -1.48. The van der Waals surface area contributed by atoms with Crippen molar-refractivity contribution in [1.82, 2.24) is 14.8 Å². The quantitative estimate of drug-likeness (QED) is 0.263. The predicted molar refractivity (Wildman–Crippen MR) is 163 cm³/mol. The van der Waals surface area contributed by atoms with Gasteiger partial charge in [-0.15, -0.1) is 0 Å². The molecule has 3 aromatic carbocycles. The Labute approximate surface area is 255 Å². The highest BCUT2D eigenvalue weighted by molar-refractivity contribution is 5.88. The molecular weight excluding hydrogens is 568 g/mol. The van der Waals surface area contributed by atoms with Gasteiger partial charge in [0.2, 0.25) is 0 Å². The number of ether oxygens (including phenoxy) is 2. The number of halogens is 2. The van der Waals surface area contributed by atoms with Gasteiger partial charge in [-0.05, 0) is 61.0 Å². The molecule has 11 heteroatoms. The van der Waals surface area contributed by atoms with Crippen molar-refractivity contribution in [2.45, 2.75) is 32.4 Å². The molecule has 1 N–H and O–H groups in total. The van der Waals surface area contributed by atoms with E-state index in [9.17, 15) is 13.6 Å². The second kappa shape index (κ2) is 13.9. The number of hydrogen-bond acceptors (Lipinski definition) is 7. The van der Waals surface area contributed by atoms with Crippen molar-refractivity contribution >= 4 is 17.3 Å². The summed E-state index contributed by atoms with van der Waals surface area (Å²) in [6, 6.07) is 18.5. The van der Waals surface area contributed by atoms with Crippen LogP contribution in [0.5, 0.6) is 5.75 Å². The second-order valence-corrected chi connectivity index (χ2v) is 10.7. The fourth-order valence-corrected chi connectivity index (χ4v) is 5.79. The zero-order valence-electron chi connectivity index (χ0n) is 24.9. The largest absolute Gasteiger partial charge is 0.493 e. The number of anilines is 2. The van der Waals surface area contributed by atoms with Gasteiger partial charge in [-0.25, -0.2) is 23.2 Å². The van der Waals surface area contributed by atoms with Crippen molar-refractivity contribution < 1.29 is 28.2 Å². The van der Waals surface area contributed by atoms with Crippen LogP contribution < -0.4 is 14.5 Å². The molecule has 0 radical (unpaired) electrons. The molecule has 0 saturated carbocycles. The molecule has 0 bridgehead atoms. The Morgan fingerprint density at radius 3 is 2.18 bits per heavy atom. The van der Waals surface area contributed by atoms with Gasteiger partial charge in [0.15, 0.2) is 0 Å². The molecule has 2 saturated heterocycles. The fraction of sp³-hybridized carbons (Fsp3) is 0.364. The molecular formula is C33H37F2N5O4. The Morgan fingerprint density at radius 2 is 1.61 bits per heavy atom. The first-order valence-corrected chi connectivity index (χ1v) is 14.9. The standard InChI is InChI=1S/C31H31F2N5O4.C2H6/c32-24-3-10-28(29(33)15-24)31(19-38-21-34-20-35-38)16-22(18-42-31)17-41-27-8-6-26(7-9-27)37-13-11-36(12-14-37)25-4-1-23(2-5-25)30(39)40;1-2/h1-10,15,20-22H,11-14,16-19H2,(H,39,40);1-2H3/t22?,31-;/m0./s1. The van der Waals surface area contributed by atoms with Crippen LogP contribution in [0.15, 0.2) is 79.4 Å². The Morgan fingerprint density at radius 1 is 0.977 bits per heavy atom. The van der Waals surface area contributed by atoms with Crippen molar-refractivity contribution in [2.75, 3.05) is 49.2 Å². The second-order valence-electron chi connectivity index (χ2n) is 10.7. The number of aromatic carboxylic acids is 1. The number of carbonyl (C=O) groups is 1. The zero-order valence-corrected chi connectivity index (χ0v) is 24.9. The maximum atomic E-state index is 14.9. The number of piperazine rings is 1. The molecule has 2 fully saturated rings. The molecule has 4 aromatic rings. The Bertz CT molecular complexity index is 1510. The van der Waals surface area contributed by atoms with Crippen molar-refractivity contribution in [3.8, 4) is 5.75 Å². The van der Waals surface area contributed by atoms with Gasteiger partial charge >= 0.3 is 5.97 Å². The van der Waals surface area contributed by atoms with Crippen LogP contribution in [0.1, 0.15) is 36.2 Å². The van der Waals surface area contributed by atoms with Gasteiger partial charge in [0.1, 0.15) is 35.6 Å². The van der Waals surface area contributed by atoms with E-state index >= 15 is 0 Å². The zero-order chi connectivity index (χ0) is 31.1. The van der Waals surface area contributed by atoms with E-state index in [1.165, 1.54) is 18.5 Å². The Hall–Kier alpha value is -4.51. The third kappa shape index (κ3) is 6.99. The molecule has 2 aliphatic heterocycles. The number of carboxylic acids is 1. The monoisotopic (exact) mass is 605 g/mol. The third-order valence-corrected chi connectivity index (χ3v) is 7.97. The van der Waals surface area contributed by atoms with E-state index in [2.05, 4.69) is 19.9 Å². The molecule has 44 heavy (non-hydrogen) atoms. The van der Waals surface area contributed by atoms with Crippen LogP contribution in [0, 0.1) is 17.6 Å². The highest BCUT2D eigenvalue weighted by Crippen LogP contribution is 2.42. The van der Waals surface area contributed by atoms with E-state index < -0.39 is 23.2 Å². The van der Waals surface area contributed by atoms with Crippen LogP contribution in [-0.4, -0.2) is 65.2 Å². The minimum atomic E-state index is -1.01. The normalized spacial score (nSPS) is 19.8. The Balaban J connectivity index is 0.00000188. The van der Waals surface area contributed by atoms with Gasteiger partial charge < -0.3 is 24.4 Å². The molecule has 6 rings (SSSR count). The molecule has 3 heterocycles.